The van der Waals surface area contributed by atoms with Gasteiger partial charge in [-0.3, -0.25) is 0 Å². The number of ether oxygens (including phenoxy) is 4. The molecular formula is C40H46O4. The van der Waals surface area contributed by atoms with Gasteiger partial charge in [-0.15, -0.1) is 0 Å². The Labute approximate surface area is 263 Å². The maximum Gasteiger partial charge on any atom is 0.126 e. The summed E-state index contributed by atoms with van der Waals surface area (Å²) in [6.07, 6.45) is 6.89. The topological polar surface area (TPSA) is 36.9 Å². The van der Waals surface area contributed by atoms with Crippen molar-refractivity contribution in [2.75, 3.05) is 26.4 Å². The van der Waals surface area contributed by atoms with Crippen LogP contribution < -0.4 is 18.9 Å². The van der Waals surface area contributed by atoms with E-state index in [0.29, 0.717) is 26.4 Å². The lowest BCUT2D eigenvalue weighted by atomic mass is 9.93. The standard InChI is InChI=1S/C40H46O4/c1-5-19-41-37-27-11-9-13-29(37)24-31-15-17-33-34-18-16-32(25-30-14-10-12-28(23-27)38(30)42-20-6-2)40(44-22-8-4)36(34)26-35(33)39(31)43-21-7-3/h9-18H,5-8,19-26H2,1-4H3. The zero-order valence-electron chi connectivity index (χ0n) is 26.9. The van der Waals surface area contributed by atoms with Gasteiger partial charge in [-0.05, 0) is 70.2 Å². The minimum atomic E-state index is 0.684. The van der Waals surface area contributed by atoms with E-state index in [1.807, 2.05) is 0 Å². The van der Waals surface area contributed by atoms with Gasteiger partial charge < -0.3 is 18.9 Å². The Morgan fingerprint density at radius 2 is 0.705 bits per heavy atom. The summed E-state index contributed by atoms with van der Waals surface area (Å²) in [7, 11) is 0. The minimum Gasteiger partial charge on any atom is -0.493 e. The van der Waals surface area contributed by atoms with Crippen LogP contribution in [0.3, 0.4) is 0 Å². The van der Waals surface area contributed by atoms with Crippen molar-refractivity contribution < 1.29 is 18.9 Å². The number of hydrogen-bond acceptors (Lipinski definition) is 4. The molecule has 6 rings (SSSR count). The van der Waals surface area contributed by atoms with Crippen molar-refractivity contribution in [3.63, 3.8) is 0 Å². The molecule has 4 aromatic carbocycles. The first-order valence-corrected chi connectivity index (χ1v) is 16.7. The SMILES string of the molecule is CCCOc1c2cccc1Cc1ccc3c(c1OCCC)Cc1c-3ccc(c1OCCC)Cc1cccc(c1OCCC)C2. The highest BCUT2D eigenvalue weighted by Gasteiger charge is 2.29. The summed E-state index contributed by atoms with van der Waals surface area (Å²) in [6.45, 7) is 11.4. The van der Waals surface area contributed by atoms with E-state index in [1.165, 1.54) is 55.6 Å². The summed E-state index contributed by atoms with van der Waals surface area (Å²) < 4.78 is 26.3. The van der Waals surface area contributed by atoms with Crippen molar-refractivity contribution in [1.29, 1.82) is 0 Å². The largest absolute Gasteiger partial charge is 0.493 e. The fraction of sp³-hybridized carbons (Fsp3) is 0.400. The molecule has 4 aromatic rings. The van der Waals surface area contributed by atoms with E-state index in [4.69, 9.17) is 18.9 Å². The van der Waals surface area contributed by atoms with Crippen molar-refractivity contribution in [2.45, 2.75) is 79.1 Å². The zero-order valence-corrected chi connectivity index (χ0v) is 26.9. The van der Waals surface area contributed by atoms with Crippen molar-refractivity contribution in [1.82, 2.24) is 0 Å². The second-order valence-electron chi connectivity index (χ2n) is 12.1. The van der Waals surface area contributed by atoms with Crippen LogP contribution >= 0.6 is 0 Å². The molecule has 44 heavy (non-hydrogen) atoms. The molecule has 2 aliphatic carbocycles. The fourth-order valence-electron chi connectivity index (χ4n) is 6.66. The molecule has 0 saturated carbocycles. The molecule has 0 atom stereocenters. The Morgan fingerprint density at radius 3 is 1.05 bits per heavy atom. The van der Waals surface area contributed by atoms with Gasteiger partial charge in [-0.1, -0.05) is 88.4 Å². The average molecular weight is 591 g/mol. The van der Waals surface area contributed by atoms with E-state index in [1.54, 1.807) is 0 Å². The predicted octanol–water partition coefficient (Wildman–Crippen LogP) is 9.50. The van der Waals surface area contributed by atoms with Gasteiger partial charge in [0.05, 0.1) is 26.4 Å². The van der Waals surface area contributed by atoms with E-state index < -0.39 is 0 Å². The lowest BCUT2D eigenvalue weighted by molar-refractivity contribution is 0.305. The molecule has 2 aliphatic rings. The van der Waals surface area contributed by atoms with E-state index in [9.17, 15) is 0 Å². The summed E-state index contributed by atoms with van der Waals surface area (Å²) in [5.41, 5.74) is 12.3. The molecule has 230 valence electrons. The van der Waals surface area contributed by atoms with Crippen LogP contribution in [0.5, 0.6) is 23.0 Å². The van der Waals surface area contributed by atoms with Crippen LogP contribution in [0.4, 0.5) is 0 Å². The zero-order chi connectivity index (χ0) is 30.5. The highest BCUT2D eigenvalue weighted by atomic mass is 16.5. The van der Waals surface area contributed by atoms with E-state index in [0.717, 1.165) is 74.4 Å². The monoisotopic (exact) mass is 590 g/mol. The van der Waals surface area contributed by atoms with Gasteiger partial charge in [0.25, 0.3) is 0 Å². The van der Waals surface area contributed by atoms with Crippen LogP contribution in [0.15, 0.2) is 60.7 Å². The van der Waals surface area contributed by atoms with Gasteiger partial charge in [0, 0.05) is 36.8 Å². The van der Waals surface area contributed by atoms with Crippen LogP contribution in [0.25, 0.3) is 11.1 Å². The Morgan fingerprint density at radius 1 is 0.386 bits per heavy atom. The average Bonchev–Trinajstić information content (AvgIpc) is 3.41. The molecule has 0 aliphatic heterocycles. The Bertz CT molecular complexity index is 1500. The Balaban J connectivity index is 1.59. The second-order valence-corrected chi connectivity index (χ2v) is 12.1. The van der Waals surface area contributed by atoms with Crippen molar-refractivity contribution in [3.8, 4) is 34.1 Å². The molecular weight excluding hydrogens is 544 g/mol. The maximum absolute atomic E-state index is 6.61. The molecule has 0 N–H and O–H groups in total. The van der Waals surface area contributed by atoms with E-state index in [-0.39, 0.29) is 0 Å². The van der Waals surface area contributed by atoms with Crippen molar-refractivity contribution in [2.24, 2.45) is 0 Å². The summed E-state index contributed by atoms with van der Waals surface area (Å²) in [5, 5.41) is 0. The second kappa shape index (κ2) is 13.8. The smallest absolute Gasteiger partial charge is 0.126 e. The normalized spacial score (nSPS) is 12.9. The van der Waals surface area contributed by atoms with E-state index in [2.05, 4.69) is 88.4 Å². The number of hydrogen-bond donors (Lipinski definition) is 0. The van der Waals surface area contributed by atoms with Crippen molar-refractivity contribution >= 4 is 0 Å². The third-order valence-electron chi connectivity index (χ3n) is 8.63. The Kier molecular flexibility index (Phi) is 9.45. The summed E-state index contributed by atoms with van der Waals surface area (Å²) in [5.74, 6) is 4.05. The first-order chi connectivity index (χ1) is 21.7. The molecule has 0 spiro atoms. The molecule has 4 heteroatoms. The predicted molar refractivity (Wildman–Crippen MR) is 179 cm³/mol. The minimum absolute atomic E-state index is 0.684. The number of fused-ring (bicyclic) bond motifs is 7. The van der Waals surface area contributed by atoms with Crippen LogP contribution in [-0.2, 0) is 25.7 Å². The number of para-hydroxylation sites is 2. The number of rotatable bonds is 12. The number of benzene rings is 4. The van der Waals surface area contributed by atoms with Crippen LogP contribution in [0.2, 0.25) is 0 Å². The van der Waals surface area contributed by atoms with Gasteiger partial charge in [0.15, 0.2) is 0 Å². The lowest BCUT2D eigenvalue weighted by Crippen LogP contribution is -2.09. The molecule has 0 heterocycles. The third kappa shape index (κ3) is 5.92. The highest BCUT2D eigenvalue weighted by Crippen LogP contribution is 2.49. The van der Waals surface area contributed by atoms with Gasteiger partial charge >= 0.3 is 0 Å². The van der Waals surface area contributed by atoms with Gasteiger partial charge in [0.1, 0.15) is 23.0 Å². The molecule has 0 fully saturated rings. The Hall–Kier alpha value is -3.92. The summed E-state index contributed by atoms with van der Waals surface area (Å²) in [6, 6.07) is 22.4. The molecule has 8 bridgehead atoms. The first kappa shape index (κ1) is 30.1. The van der Waals surface area contributed by atoms with Gasteiger partial charge in [-0.2, -0.15) is 0 Å². The van der Waals surface area contributed by atoms with Gasteiger partial charge in [-0.25, -0.2) is 0 Å². The molecule has 0 radical (unpaired) electrons. The molecule has 0 saturated heterocycles. The summed E-state index contributed by atoms with van der Waals surface area (Å²) in [4.78, 5) is 0. The van der Waals surface area contributed by atoms with Crippen LogP contribution in [0, 0.1) is 0 Å². The molecule has 4 nitrogen and oxygen atoms in total. The quantitative estimate of drug-likeness (QED) is 0.142. The highest BCUT2D eigenvalue weighted by molar-refractivity contribution is 5.83. The molecule has 0 unspecified atom stereocenters. The molecule has 0 aromatic heterocycles. The summed E-state index contributed by atoms with van der Waals surface area (Å²) >= 11 is 0. The van der Waals surface area contributed by atoms with E-state index >= 15 is 0 Å². The lowest BCUT2D eigenvalue weighted by Gasteiger charge is -2.21. The van der Waals surface area contributed by atoms with Crippen molar-refractivity contribution in [3.05, 3.63) is 105 Å². The maximum atomic E-state index is 6.61. The first-order valence-electron chi connectivity index (χ1n) is 16.7. The van der Waals surface area contributed by atoms with Gasteiger partial charge in [0.2, 0.25) is 0 Å². The van der Waals surface area contributed by atoms with Crippen LogP contribution in [0.1, 0.15) is 97.9 Å². The molecule has 0 amide bonds. The van der Waals surface area contributed by atoms with Crippen LogP contribution in [-0.4, -0.2) is 26.4 Å². The third-order valence-corrected chi connectivity index (χ3v) is 8.63. The fourth-order valence-corrected chi connectivity index (χ4v) is 6.66.